The third kappa shape index (κ3) is 2.46. The van der Waals surface area contributed by atoms with E-state index in [1.165, 1.54) is 12.8 Å². The summed E-state index contributed by atoms with van der Waals surface area (Å²) in [7, 11) is 0. The first-order chi connectivity index (χ1) is 9.10. The fourth-order valence-electron chi connectivity index (χ4n) is 2.97. The average molecular weight is 264 g/mol. The third-order valence-corrected chi connectivity index (χ3v) is 4.04. The molecule has 0 atom stereocenters. The monoisotopic (exact) mass is 264 g/mol. The van der Waals surface area contributed by atoms with Gasteiger partial charge in [-0.15, -0.1) is 0 Å². The van der Waals surface area contributed by atoms with Crippen LogP contribution in [0.2, 0.25) is 0 Å². The molecule has 1 heterocycles. The Morgan fingerprint density at radius 2 is 2.05 bits per heavy atom. The van der Waals surface area contributed by atoms with Crippen molar-refractivity contribution < 1.29 is 4.79 Å². The summed E-state index contributed by atoms with van der Waals surface area (Å²) in [6.45, 7) is 7.27. The summed E-state index contributed by atoms with van der Waals surface area (Å²) in [6, 6.07) is 0.373. The van der Waals surface area contributed by atoms with Crippen molar-refractivity contribution in [2.75, 3.05) is 12.3 Å². The van der Waals surface area contributed by atoms with Gasteiger partial charge in [0.15, 0.2) is 0 Å². The second-order valence-corrected chi connectivity index (χ2v) is 5.19. The molecular formula is C14H24N4O. The van der Waals surface area contributed by atoms with E-state index in [4.69, 9.17) is 5.73 Å². The fourth-order valence-corrected chi connectivity index (χ4v) is 2.97. The van der Waals surface area contributed by atoms with Gasteiger partial charge in [-0.2, -0.15) is 5.10 Å². The number of nitrogens with zero attached hydrogens (tertiary/aromatic N) is 3. The molecule has 5 heteroatoms. The predicted octanol–water partition coefficient (Wildman–Crippen LogP) is 2.20. The van der Waals surface area contributed by atoms with Crippen LogP contribution < -0.4 is 5.73 Å². The van der Waals surface area contributed by atoms with Gasteiger partial charge in [-0.1, -0.05) is 12.8 Å². The van der Waals surface area contributed by atoms with E-state index in [9.17, 15) is 4.79 Å². The van der Waals surface area contributed by atoms with Crippen molar-refractivity contribution in [2.45, 2.75) is 59.0 Å². The van der Waals surface area contributed by atoms with Crippen LogP contribution in [0.25, 0.3) is 0 Å². The number of amides is 1. The summed E-state index contributed by atoms with van der Waals surface area (Å²) in [5.41, 5.74) is 7.88. The van der Waals surface area contributed by atoms with Crippen molar-refractivity contribution in [3.8, 4) is 0 Å². The Balaban J connectivity index is 2.31. The van der Waals surface area contributed by atoms with Crippen LogP contribution in [-0.2, 0) is 6.54 Å². The van der Waals surface area contributed by atoms with Crippen molar-refractivity contribution in [1.29, 1.82) is 0 Å². The molecular weight excluding hydrogens is 240 g/mol. The van der Waals surface area contributed by atoms with Crippen molar-refractivity contribution in [3.05, 3.63) is 11.4 Å². The number of nitrogen functional groups attached to an aromatic ring is 1. The number of anilines is 1. The van der Waals surface area contributed by atoms with E-state index in [2.05, 4.69) is 5.10 Å². The molecule has 1 aromatic rings. The Bertz CT molecular complexity index is 460. The summed E-state index contributed by atoms with van der Waals surface area (Å²) in [6.07, 6.45) is 4.66. The van der Waals surface area contributed by atoms with Gasteiger partial charge in [0.25, 0.3) is 5.91 Å². The molecule has 0 aliphatic heterocycles. The molecule has 0 radical (unpaired) electrons. The van der Waals surface area contributed by atoms with E-state index in [1.54, 1.807) is 4.68 Å². The molecule has 1 saturated carbocycles. The lowest BCUT2D eigenvalue weighted by Gasteiger charge is -2.28. The maximum absolute atomic E-state index is 12.8. The largest absolute Gasteiger partial charge is 0.395 e. The SMILES string of the molecule is CCN(C(=O)c1c(N)c(C)nn1CC)C1CCCC1. The van der Waals surface area contributed by atoms with Crippen LogP contribution in [0.3, 0.4) is 0 Å². The minimum atomic E-state index is 0.0364. The standard InChI is InChI=1S/C14H24N4O/c1-4-17(11-8-6-7-9-11)14(19)13-12(15)10(3)16-18(13)5-2/h11H,4-9,15H2,1-3H3. The Morgan fingerprint density at radius 1 is 1.42 bits per heavy atom. The maximum atomic E-state index is 12.8. The molecule has 2 rings (SSSR count). The van der Waals surface area contributed by atoms with E-state index in [1.807, 2.05) is 25.7 Å². The highest BCUT2D eigenvalue weighted by Crippen LogP contribution is 2.26. The molecule has 0 spiro atoms. The first-order valence-corrected chi connectivity index (χ1v) is 7.23. The van der Waals surface area contributed by atoms with Gasteiger partial charge in [-0.3, -0.25) is 9.48 Å². The summed E-state index contributed by atoms with van der Waals surface area (Å²) in [5.74, 6) is 0.0364. The predicted molar refractivity (Wildman–Crippen MR) is 76.0 cm³/mol. The number of aromatic nitrogens is 2. The van der Waals surface area contributed by atoms with Crippen LogP contribution in [0.5, 0.6) is 0 Å². The molecule has 0 bridgehead atoms. The molecule has 0 aromatic carbocycles. The van der Waals surface area contributed by atoms with E-state index in [0.29, 0.717) is 24.0 Å². The normalized spacial score (nSPS) is 15.9. The lowest BCUT2D eigenvalue weighted by atomic mass is 10.2. The highest BCUT2D eigenvalue weighted by molar-refractivity contribution is 5.98. The van der Waals surface area contributed by atoms with Crippen molar-refractivity contribution in [2.24, 2.45) is 0 Å². The molecule has 0 unspecified atom stereocenters. The minimum Gasteiger partial charge on any atom is -0.395 e. The van der Waals surface area contributed by atoms with Crippen molar-refractivity contribution in [3.63, 3.8) is 0 Å². The molecule has 1 amide bonds. The summed E-state index contributed by atoms with van der Waals surface area (Å²) in [5, 5.41) is 4.34. The molecule has 0 saturated heterocycles. The van der Waals surface area contributed by atoms with Crippen LogP contribution in [-0.4, -0.2) is 33.2 Å². The zero-order valence-corrected chi connectivity index (χ0v) is 12.1. The van der Waals surface area contributed by atoms with Gasteiger partial charge < -0.3 is 10.6 Å². The molecule has 1 fully saturated rings. The average Bonchev–Trinajstić information content (AvgIpc) is 3.00. The van der Waals surface area contributed by atoms with Gasteiger partial charge in [-0.05, 0) is 33.6 Å². The fraction of sp³-hybridized carbons (Fsp3) is 0.714. The van der Waals surface area contributed by atoms with Crippen molar-refractivity contribution in [1.82, 2.24) is 14.7 Å². The first-order valence-electron chi connectivity index (χ1n) is 7.23. The summed E-state index contributed by atoms with van der Waals surface area (Å²) < 4.78 is 1.73. The maximum Gasteiger partial charge on any atom is 0.274 e. The van der Waals surface area contributed by atoms with E-state index in [0.717, 1.165) is 25.1 Å². The molecule has 2 N–H and O–H groups in total. The van der Waals surface area contributed by atoms with Crippen LogP contribution in [0, 0.1) is 6.92 Å². The Hall–Kier alpha value is -1.52. The lowest BCUT2D eigenvalue weighted by Crippen LogP contribution is -2.40. The number of carbonyl (C=O) groups is 1. The zero-order chi connectivity index (χ0) is 14.0. The summed E-state index contributed by atoms with van der Waals surface area (Å²) in [4.78, 5) is 14.7. The molecule has 1 aromatic heterocycles. The van der Waals surface area contributed by atoms with Gasteiger partial charge in [0.2, 0.25) is 0 Å². The first kappa shape index (κ1) is 13.9. The molecule has 5 nitrogen and oxygen atoms in total. The number of aryl methyl sites for hydroxylation is 2. The molecule has 19 heavy (non-hydrogen) atoms. The highest BCUT2D eigenvalue weighted by Gasteiger charge is 2.30. The zero-order valence-electron chi connectivity index (χ0n) is 12.1. The van der Waals surface area contributed by atoms with Gasteiger partial charge in [0, 0.05) is 19.1 Å². The number of carbonyl (C=O) groups excluding carboxylic acids is 1. The van der Waals surface area contributed by atoms with Crippen LogP contribution in [0.1, 0.15) is 55.7 Å². The Morgan fingerprint density at radius 3 is 2.58 bits per heavy atom. The van der Waals surface area contributed by atoms with Crippen LogP contribution in [0.15, 0.2) is 0 Å². The van der Waals surface area contributed by atoms with Gasteiger partial charge >= 0.3 is 0 Å². The smallest absolute Gasteiger partial charge is 0.274 e. The molecule has 106 valence electrons. The quantitative estimate of drug-likeness (QED) is 0.906. The topological polar surface area (TPSA) is 64.2 Å². The van der Waals surface area contributed by atoms with Crippen LogP contribution >= 0.6 is 0 Å². The lowest BCUT2D eigenvalue weighted by molar-refractivity contribution is 0.0682. The number of hydrogen-bond acceptors (Lipinski definition) is 3. The second kappa shape index (κ2) is 5.63. The van der Waals surface area contributed by atoms with E-state index in [-0.39, 0.29) is 5.91 Å². The Kier molecular flexibility index (Phi) is 4.12. The van der Waals surface area contributed by atoms with Crippen molar-refractivity contribution >= 4 is 11.6 Å². The Labute approximate surface area is 114 Å². The number of rotatable bonds is 4. The van der Waals surface area contributed by atoms with Gasteiger partial charge in [0.1, 0.15) is 5.69 Å². The van der Waals surface area contributed by atoms with Gasteiger partial charge in [-0.25, -0.2) is 0 Å². The van der Waals surface area contributed by atoms with E-state index < -0.39 is 0 Å². The van der Waals surface area contributed by atoms with Crippen LogP contribution in [0.4, 0.5) is 5.69 Å². The number of nitrogens with two attached hydrogens (primary N) is 1. The highest BCUT2D eigenvalue weighted by atomic mass is 16.2. The molecule has 1 aliphatic rings. The molecule has 1 aliphatic carbocycles. The minimum absolute atomic E-state index is 0.0364. The van der Waals surface area contributed by atoms with Gasteiger partial charge in [0.05, 0.1) is 11.4 Å². The number of hydrogen-bond donors (Lipinski definition) is 1. The second-order valence-electron chi connectivity index (χ2n) is 5.19. The van der Waals surface area contributed by atoms with E-state index >= 15 is 0 Å². The summed E-state index contributed by atoms with van der Waals surface area (Å²) >= 11 is 0. The third-order valence-electron chi connectivity index (χ3n) is 4.04.